The van der Waals surface area contributed by atoms with Crippen LogP contribution in [0.3, 0.4) is 0 Å². The van der Waals surface area contributed by atoms with Crippen LogP contribution in [0.25, 0.3) is 0 Å². The molecule has 1 unspecified atom stereocenters. The third-order valence-corrected chi connectivity index (χ3v) is 3.30. The molecule has 0 aliphatic heterocycles. The molecule has 1 rings (SSSR count). The molecule has 1 aromatic heterocycles. The Morgan fingerprint density at radius 3 is 3.00 bits per heavy atom. The lowest BCUT2D eigenvalue weighted by Gasteiger charge is -2.12. The van der Waals surface area contributed by atoms with Crippen LogP contribution in [0.2, 0.25) is 0 Å². The van der Waals surface area contributed by atoms with E-state index in [-0.39, 0.29) is 6.42 Å². The molecule has 2 N–H and O–H groups in total. The molecule has 4 heteroatoms. The molecule has 0 aliphatic rings. The lowest BCUT2D eigenvalue weighted by atomic mass is 10.2. The van der Waals surface area contributed by atoms with E-state index < -0.39 is 5.97 Å². The first-order chi connectivity index (χ1) is 7.68. The highest BCUT2D eigenvalue weighted by Gasteiger charge is 2.03. The van der Waals surface area contributed by atoms with Crippen molar-refractivity contribution < 1.29 is 9.90 Å². The van der Waals surface area contributed by atoms with Gasteiger partial charge in [-0.2, -0.15) is 0 Å². The number of hydrogen-bond donors (Lipinski definition) is 2. The minimum atomic E-state index is -0.702. The number of hydrogen-bond acceptors (Lipinski definition) is 3. The first kappa shape index (κ1) is 13.2. The molecule has 90 valence electrons. The summed E-state index contributed by atoms with van der Waals surface area (Å²) in [4.78, 5) is 11.7. The topological polar surface area (TPSA) is 49.3 Å². The van der Waals surface area contributed by atoms with E-state index in [2.05, 4.69) is 29.8 Å². The Balaban J connectivity index is 2.02. The Bertz CT molecular complexity index is 298. The van der Waals surface area contributed by atoms with E-state index in [4.69, 9.17) is 5.11 Å². The van der Waals surface area contributed by atoms with Crippen molar-refractivity contribution in [3.8, 4) is 0 Å². The molecule has 3 nitrogen and oxygen atoms in total. The predicted octanol–water partition coefficient (Wildman–Crippen LogP) is 2.52. The fraction of sp³-hybridized carbons (Fsp3) is 0.583. The zero-order valence-electron chi connectivity index (χ0n) is 9.61. The van der Waals surface area contributed by atoms with Gasteiger partial charge in [-0.15, -0.1) is 11.3 Å². The maximum absolute atomic E-state index is 10.3. The Morgan fingerprint density at radius 2 is 2.38 bits per heavy atom. The number of aliphatic carboxylic acids is 1. The average molecular weight is 241 g/mol. The van der Waals surface area contributed by atoms with Crippen LogP contribution in [0, 0.1) is 0 Å². The van der Waals surface area contributed by atoms with Crippen molar-refractivity contribution in [1.29, 1.82) is 0 Å². The molecular formula is C12H19NO2S. The second kappa shape index (κ2) is 7.41. The van der Waals surface area contributed by atoms with Crippen molar-refractivity contribution >= 4 is 17.3 Å². The summed E-state index contributed by atoms with van der Waals surface area (Å²) in [5.41, 5.74) is 0. The molecule has 0 radical (unpaired) electrons. The zero-order chi connectivity index (χ0) is 11.8. The van der Waals surface area contributed by atoms with E-state index in [1.54, 1.807) is 11.3 Å². The minimum absolute atomic E-state index is 0.279. The van der Waals surface area contributed by atoms with Crippen LogP contribution in [0.4, 0.5) is 0 Å². The molecular weight excluding hydrogens is 222 g/mol. The summed E-state index contributed by atoms with van der Waals surface area (Å²) in [6, 6.07) is 4.68. The number of unbranched alkanes of at least 4 members (excludes halogenated alkanes) is 1. The van der Waals surface area contributed by atoms with Crippen molar-refractivity contribution in [2.24, 2.45) is 0 Å². The van der Waals surface area contributed by atoms with Crippen LogP contribution < -0.4 is 5.32 Å². The van der Waals surface area contributed by atoms with Gasteiger partial charge in [0.1, 0.15) is 0 Å². The zero-order valence-corrected chi connectivity index (χ0v) is 10.4. The molecule has 0 aromatic carbocycles. The Kier molecular flexibility index (Phi) is 6.11. The number of carboxylic acids is 1. The summed E-state index contributed by atoms with van der Waals surface area (Å²) < 4.78 is 0. The normalized spacial score (nSPS) is 12.6. The molecule has 0 fully saturated rings. The standard InChI is InChI=1S/C12H19NO2S/c1-10(9-11-5-4-8-16-11)13-7-3-2-6-12(14)15/h4-5,8,10,13H,2-3,6-7,9H2,1H3,(H,14,15). The summed E-state index contributed by atoms with van der Waals surface area (Å²) in [7, 11) is 0. The maximum atomic E-state index is 10.3. The molecule has 0 amide bonds. The van der Waals surface area contributed by atoms with Gasteiger partial charge in [-0.05, 0) is 44.2 Å². The lowest BCUT2D eigenvalue weighted by molar-refractivity contribution is -0.137. The highest BCUT2D eigenvalue weighted by Crippen LogP contribution is 2.10. The van der Waals surface area contributed by atoms with Crippen LogP contribution in [0.1, 0.15) is 31.1 Å². The average Bonchev–Trinajstić information content (AvgIpc) is 2.69. The smallest absolute Gasteiger partial charge is 0.303 e. The lowest BCUT2D eigenvalue weighted by Crippen LogP contribution is -2.28. The summed E-state index contributed by atoms with van der Waals surface area (Å²) in [6.45, 7) is 3.07. The monoisotopic (exact) mass is 241 g/mol. The van der Waals surface area contributed by atoms with Gasteiger partial charge in [0.2, 0.25) is 0 Å². The van der Waals surface area contributed by atoms with Crippen LogP contribution in [0.15, 0.2) is 17.5 Å². The second-order valence-electron chi connectivity index (χ2n) is 3.99. The van der Waals surface area contributed by atoms with Gasteiger partial charge in [0, 0.05) is 17.3 Å². The Hall–Kier alpha value is -0.870. The molecule has 1 aromatic rings. The molecule has 1 atom stereocenters. The fourth-order valence-corrected chi connectivity index (χ4v) is 2.39. The van der Waals surface area contributed by atoms with Gasteiger partial charge >= 0.3 is 5.97 Å². The molecule has 0 saturated carbocycles. The number of carboxylic acid groups (broad SMARTS) is 1. The van der Waals surface area contributed by atoms with E-state index in [0.717, 1.165) is 25.8 Å². The van der Waals surface area contributed by atoms with Crippen molar-refractivity contribution in [1.82, 2.24) is 5.32 Å². The van der Waals surface area contributed by atoms with Crippen molar-refractivity contribution in [3.63, 3.8) is 0 Å². The quantitative estimate of drug-likeness (QED) is 0.688. The molecule has 0 spiro atoms. The second-order valence-corrected chi connectivity index (χ2v) is 5.02. The summed E-state index contributed by atoms with van der Waals surface area (Å²) in [5, 5.41) is 14.0. The van der Waals surface area contributed by atoms with E-state index in [9.17, 15) is 4.79 Å². The van der Waals surface area contributed by atoms with E-state index in [1.807, 2.05) is 0 Å². The first-order valence-electron chi connectivity index (χ1n) is 5.66. The minimum Gasteiger partial charge on any atom is -0.481 e. The molecule has 16 heavy (non-hydrogen) atoms. The van der Waals surface area contributed by atoms with E-state index >= 15 is 0 Å². The van der Waals surface area contributed by atoms with Crippen molar-refractivity contribution in [3.05, 3.63) is 22.4 Å². The van der Waals surface area contributed by atoms with Gasteiger partial charge in [0.15, 0.2) is 0 Å². The fourth-order valence-electron chi connectivity index (χ4n) is 1.55. The van der Waals surface area contributed by atoms with Gasteiger partial charge in [-0.1, -0.05) is 6.07 Å². The van der Waals surface area contributed by atoms with Gasteiger partial charge in [0.25, 0.3) is 0 Å². The highest BCUT2D eigenvalue weighted by molar-refractivity contribution is 7.09. The van der Waals surface area contributed by atoms with E-state index in [1.165, 1.54) is 4.88 Å². The van der Waals surface area contributed by atoms with Gasteiger partial charge in [-0.25, -0.2) is 0 Å². The van der Waals surface area contributed by atoms with Crippen molar-refractivity contribution in [2.75, 3.05) is 6.54 Å². The Labute approximate surface area is 100 Å². The third kappa shape index (κ3) is 5.88. The number of carbonyl (C=O) groups is 1. The SMILES string of the molecule is CC(Cc1cccs1)NCCCCC(=O)O. The summed E-state index contributed by atoms with van der Waals surface area (Å²) in [6.07, 6.45) is 3.02. The molecule has 0 aliphatic carbocycles. The molecule has 0 bridgehead atoms. The van der Waals surface area contributed by atoms with Crippen LogP contribution >= 0.6 is 11.3 Å². The van der Waals surface area contributed by atoms with E-state index in [0.29, 0.717) is 6.04 Å². The largest absolute Gasteiger partial charge is 0.481 e. The molecule has 0 saturated heterocycles. The van der Waals surface area contributed by atoms with Gasteiger partial charge in [-0.3, -0.25) is 4.79 Å². The Morgan fingerprint density at radius 1 is 1.56 bits per heavy atom. The number of nitrogens with one attached hydrogen (secondary N) is 1. The summed E-state index contributed by atoms with van der Waals surface area (Å²) in [5.74, 6) is -0.702. The van der Waals surface area contributed by atoms with Crippen LogP contribution in [-0.4, -0.2) is 23.7 Å². The summed E-state index contributed by atoms with van der Waals surface area (Å²) >= 11 is 1.78. The van der Waals surface area contributed by atoms with Crippen LogP contribution in [0.5, 0.6) is 0 Å². The first-order valence-corrected chi connectivity index (χ1v) is 6.54. The van der Waals surface area contributed by atoms with Crippen LogP contribution in [-0.2, 0) is 11.2 Å². The number of thiophene rings is 1. The third-order valence-electron chi connectivity index (χ3n) is 2.40. The highest BCUT2D eigenvalue weighted by atomic mass is 32.1. The number of rotatable bonds is 8. The van der Waals surface area contributed by atoms with Crippen molar-refractivity contribution in [2.45, 2.75) is 38.6 Å². The van der Waals surface area contributed by atoms with Gasteiger partial charge < -0.3 is 10.4 Å². The maximum Gasteiger partial charge on any atom is 0.303 e. The predicted molar refractivity (Wildman–Crippen MR) is 67.0 cm³/mol. The molecule has 1 heterocycles. The van der Waals surface area contributed by atoms with Gasteiger partial charge in [0.05, 0.1) is 0 Å².